The summed E-state index contributed by atoms with van der Waals surface area (Å²) in [4.78, 5) is 30.3. The Bertz CT molecular complexity index is 2100. The van der Waals surface area contributed by atoms with Gasteiger partial charge in [-0.05, 0) is 90.1 Å². The predicted molar refractivity (Wildman–Crippen MR) is 188 cm³/mol. The third kappa shape index (κ3) is 8.34. The Balaban J connectivity index is 0.000000205. The van der Waals surface area contributed by atoms with E-state index in [0.717, 1.165) is 28.4 Å². The average molecular weight is 763 g/mol. The molecule has 51 heavy (non-hydrogen) atoms. The van der Waals surface area contributed by atoms with Gasteiger partial charge >= 0.3 is 27.8 Å². The number of nitrogens with zero attached hydrogens (tertiary/aromatic N) is 2. The van der Waals surface area contributed by atoms with E-state index in [0.29, 0.717) is 21.2 Å². The van der Waals surface area contributed by atoms with Crippen LogP contribution in [0.25, 0.3) is 0 Å². The first-order valence-electron chi connectivity index (χ1n) is 15.2. The molecule has 0 radical (unpaired) electrons. The molecule has 0 fully saturated rings. The third-order valence-corrected chi connectivity index (χ3v) is 10.0. The molecular weight excluding hydrogens is 730 g/mol. The van der Waals surface area contributed by atoms with Crippen molar-refractivity contribution < 1.29 is 49.9 Å². The monoisotopic (exact) mass is 762 g/mol. The fourth-order valence-electron chi connectivity index (χ4n) is 4.75. The maximum absolute atomic E-state index is 12.9. The molecule has 0 aromatic heterocycles. The number of benzene rings is 4. The minimum atomic E-state index is -5.88. The predicted octanol–water partition coefficient (Wildman–Crippen LogP) is 10.4. The quantitative estimate of drug-likeness (QED) is 0.156. The highest BCUT2D eigenvalue weighted by Gasteiger charge is 2.49. The number of phenolic OH excluding ortho intramolecular Hbond substituents is 1. The summed E-state index contributed by atoms with van der Waals surface area (Å²) in [6.45, 7) is 10.5. The molecule has 2 aliphatic rings. The summed E-state index contributed by atoms with van der Waals surface area (Å²) in [5.41, 5.74) is -5.00. The van der Waals surface area contributed by atoms with E-state index in [1.165, 1.54) is 33.7 Å². The summed E-state index contributed by atoms with van der Waals surface area (Å²) in [7, 11) is -5.88. The highest BCUT2D eigenvalue weighted by molar-refractivity contribution is 8.00. The second kappa shape index (κ2) is 13.9. The fraction of sp³-hybridized carbons (Fsp3) is 0.257. The van der Waals surface area contributed by atoms with Crippen LogP contribution in [0.2, 0.25) is 0 Å². The Morgan fingerprint density at radius 2 is 1.04 bits per heavy atom. The first-order chi connectivity index (χ1) is 23.7. The number of ether oxygens (including phenoxy) is 2. The van der Waals surface area contributed by atoms with Gasteiger partial charge < -0.3 is 18.8 Å². The van der Waals surface area contributed by atoms with Crippen LogP contribution in [0.4, 0.5) is 45.5 Å². The number of carbonyl (C=O) groups is 2. The summed E-state index contributed by atoms with van der Waals surface area (Å²) >= 11 is 2.44. The number of aromatic hydroxyl groups is 1. The van der Waals surface area contributed by atoms with Crippen LogP contribution in [0.1, 0.15) is 41.5 Å². The SMILES string of the molecule is CC(C)(C)OC(=O)N1c2ccccc2Sc2c(O)cccc21.CC(C)(C)OC(=O)N1c2ccccc2Sc2c(OS(=O)(=O)C(F)(F)F)cccc21. The molecule has 4 aromatic rings. The number of amides is 2. The molecule has 0 atom stereocenters. The second-order valence-corrected chi connectivity index (χ2v) is 16.6. The maximum atomic E-state index is 12.9. The normalized spacial score (nSPS) is 13.7. The van der Waals surface area contributed by atoms with Gasteiger partial charge in [-0.15, -0.1) is 0 Å². The van der Waals surface area contributed by atoms with Crippen molar-refractivity contribution in [1.29, 1.82) is 0 Å². The van der Waals surface area contributed by atoms with Crippen LogP contribution in [0.15, 0.2) is 105 Å². The molecule has 2 aliphatic heterocycles. The van der Waals surface area contributed by atoms with E-state index in [9.17, 15) is 36.3 Å². The molecule has 0 unspecified atom stereocenters. The van der Waals surface area contributed by atoms with Crippen molar-refractivity contribution >= 4 is 68.6 Å². The number of alkyl halides is 3. The number of rotatable bonds is 2. The van der Waals surface area contributed by atoms with Crippen molar-refractivity contribution in [3.05, 3.63) is 84.9 Å². The van der Waals surface area contributed by atoms with Crippen LogP contribution in [0.3, 0.4) is 0 Å². The molecule has 10 nitrogen and oxygen atoms in total. The van der Waals surface area contributed by atoms with E-state index in [2.05, 4.69) is 4.18 Å². The zero-order valence-corrected chi connectivity index (χ0v) is 30.6. The second-order valence-electron chi connectivity index (χ2n) is 13.0. The lowest BCUT2D eigenvalue weighted by molar-refractivity contribution is -0.0501. The number of para-hydroxylation sites is 2. The lowest BCUT2D eigenvalue weighted by atomic mass is 10.2. The smallest absolute Gasteiger partial charge is 0.507 e. The standard InChI is InChI=1S/C18H16F3NO5S2.C17H17NO3S/c1-17(2,3)26-16(23)22-11-7-4-5-10-14(11)28-15-12(22)8-6-9-13(15)27-29(24,25)18(19,20)21;1-17(2,3)21-16(20)18-11-7-4-5-10-14(11)22-15-12(18)8-6-9-13(15)19/h4-10H,1-3H3;4-10,19H,1-3H3. The van der Waals surface area contributed by atoms with Crippen molar-refractivity contribution in [1.82, 2.24) is 0 Å². The van der Waals surface area contributed by atoms with Gasteiger partial charge in [0.2, 0.25) is 0 Å². The molecule has 2 amide bonds. The number of fused-ring (bicyclic) bond motifs is 4. The van der Waals surface area contributed by atoms with Gasteiger partial charge in [0.05, 0.1) is 32.5 Å². The van der Waals surface area contributed by atoms with E-state index >= 15 is 0 Å². The van der Waals surface area contributed by atoms with Crippen LogP contribution < -0.4 is 14.0 Å². The fourth-order valence-corrected chi connectivity index (χ4v) is 7.45. The van der Waals surface area contributed by atoms with Gasteiger partial charge in [-0.1, -0.05) is 59.9 Å². The Hall–Kier alpha value is -4.54. The first-order valence-corrected chi connectivity index (χ1v) is 18.3. The summed E-state index contributed by atoms with van der Waals surface area (Å²) in [5.74, 6) is -0.376. The third-order valence-electron chi connectivity index (χ3n) is 6.68. The minimum Gasteiger partial charge on any atom is -0.507 e. The van der Waals surface area contributed by atoms with Gasteiger partial charge in [-0.2, -0.15) is 21.6 Å². The highest BCUT2D eigenvalue weighted by atomic mass is 32.2. The number of phenols is 1. The number of hydrogen-bond acceptors (Lipinski definition) is 10. The largest absolute Gasteiger partial charge is 0.534 e. The molecule has 270 valence electrons. The van der Waals surface area contributed by atoms with Crippen molar-refractivity contribution in [3.8, 4) is 11.5 Å². The van der Waals surface area contributed by atoms with Crippen molar-refractivity contribution in [3.63, 3.8) is 0 Å². The average Bonchev–Trinajstić information content (AvgIpc) is 3.01. The molecule has 2 heterocycles. The van der Waals surface area contributed by atoms with Gasteiger partial charge in [-0.3, -0.25) is 0 Å². The van der Waals surface area contributed by atoms with E-state index in [4.69, 9.17) is 9.47 Å². The van der Waals surface area contributed by atoms with Crippen LogP contribution in [0.5, 0.6) is 11.5 Å². The Labute approximate surface area is 301 Å². The Morgan fingerprint density at radius 1 is 0.627 bits per heavy atom. The Kier molecular flexibility index (Phi) is 10.3. The van der Waals surface area contributed by atoms with E-state index in [-0.39, 0.29) is 16.3 Å². The molecule has 0 saturated heterocycles. The topological polar surface area (TPSA) is 123 Å². The summed E-state index contributed by atoms with van der Waals surface area (Å²) < 4.78 is 76.6. The molecule has 0 aliphatic carbocycles. The highest BCUT2D eigenvalue weighted by Crippen LogP contribution is 2.53. The first kappa shape index (κ1) is 37.7. The van der Waals surface area contributed by atoms with Crippen molar-refractivity contribution in [2.45, 2.75) is 77.8 Å². The maximum Gasteiger partial charge on any atom is 0.534 e. The van der Waals surface area contributed by atoms with Crippen LogP contribution in [-0.4, -0.2) is 42.4 Å². The zero-order valence-electron chi connectivity index (χ0n) is 28.1. The van der Waals surface area contributed by atoms with Crippen molar-refractivity contribution in [2.75, 3.05) is 9.80 Å². The van der Waals surface area contributed by atoms with Gasteiger partial charge in [0.25, 0.3) is 0 Å². The molecule has 1 N–H and O–H groups in total. The lowest BCUT2D eigenvalue weighted by Crippen LogP contribution is -2.35. The summed E-state index contributed by atoms with van der Waals surface area (Å²) in [5, 5.41) is 10.1. The molecule has 0 saturated carbocycles. The molecule has 0 spiro atoms. The Morgan fingerprint density at radius 3 is 1.51 bits per heavy atom. The van der Waals surface area contributed by atoms with Gasteiger partial charge in [-0.25, -0.2) is 19.4 Å². The van der Waals surface area contributed by atoms with Gasteiger partial charge in [0.1, 0.15) is 17.0 Å². The van der Waals surface area contributed by atoms with E-state index in [1.807, 2.05) is 51.1 Å². The van der Waals surface area contributed by atoms with Crippen LogP contribution in [-0.2, 0) is 19.6 Å². The molecule has 16 heteroatoms. The molecule has 0 bridgehead atoms. The summed E-state index contributed by atoms with van der Waals surface area (Å²) in [6, 6.07) is 23.3. The molecule has 4 aromatic carbocycles. The van der Waals surface area contributed by atoms with Gasteiger partial charge in [0, 0.05) is 9.79 Å². The van der Waals surface area contributed by atoms with Crippen LogP contribution in [0, 0.1) is 0 Å². The number of anilines is 4. The van der Waals surface area contributed by atoms with E-state index in [1.54, 1.807) is 57.2 Å². The van der Waals surface area contributed by atoms with Crippen molar-refractivity contribution in [2.24, 2.45) is 0 Å². The number of hydrogen-bond donors (Lipinski definition) is 1. The lowest BCUT2D eigenvalue weighted by Gasteiger charge is -2.33. The zero-order chi connectivity index (χ0) is 37.5. The number of carbonyl (C=O) groups excluding carboxylic acids is 2. The molecule has 6 rings (SSSR count). The minimum absolute atomic E-state index is 0.0462. The molecular formula is C35H33F3N2O8S3. The summed E-state index contributed by atoms with van der Waals surface area (Å²) in [6.07, 6.45) is -1.21. The van der Waals surface area contributed by atoms with Crippen LogP contribution >= 0.6 is 23.5 Å². The number of halogens is 3. The van der Waals surface area contributed by atoms with Gasteiger partial charge in [0.15, 0.2) is 5.75 Å². The van der Waals surface area contributed by atoms with E-state index < -0.39 is 44.8 Å².